The first-order valence-electron chi connectivity index (χ1n) is 9.03. The summed E-state index contributed by atoms with van der Waals surface area (Å²) in [5.74, 6) is 0.360. The van der Waals surface area contributed by atoms with E-state index in [4.69, 9.17) is 4.52 Å². The number of aromatic nitrogens is 3. The minimum Gasteiger partial charge on any atom is -0.361 e. The summed E-state index contributed by atoms with van der Waals surface area (Å²) in [4.78, 5) is 26.5. The van der Waals surface area contributed by atoms with E-state index in [2.05, 4.69) is 20.5 Å². The number of likely N-dealkylation sites (tertiary alicyclic amines) is 1. The Kier molecular flexibility index (Phi) is 5.82. The van der Waals surface area contributed by atoms with Crippen molar-refractivity contribution in [2.24, 2.45) is 0 Å². The van der Waals surface area contributed by atoms with Crippen LogP contribution in [0.2, 0.25) is 0 Å². The summed E-state index contributed by atoms with van der Waals surface area (Å²) in [6.45, 7) is 6.43. The van der Waals surface area contributed by atoms with Gasteiger partial charge in [0.15, 0.2) is 0 Å². The van der Waals surface area contributed by atoms with Crippen molar-refractivity contribution in [1.29, 1.82) is 0 Å². The summed E-state index contributed by atoms with van der Waals surface area (Å²) in [6, 6.07) is 3.54. The highest BCUT2D eigenvalue weighted by molar-refractivity contribution is 5.94. The Labute approximate surface area is 152 Å². The lowest BCUT2D eigenvalue weighted by atomic mass is 10.0. The van der Waals surface area contributed by atoms with Crippen molar-refractivity contribution in [3.63, 3.8) is 0 Å². The molecule has 2 aromatic rings. The highest BCUT2D eigenvalue weighted by atomic mass is 16.5. The molecule has 1 aliphatic heterocycles. The molecule has 140 valence electrons. The van der Waals surface area contributed by atoms with Crippen LogP contribution in [0.1, 0.15) is 41.1 Å². The summed E-state index contributed by atoms with van der Waals surface area (Å²) in [6.07, 6.45) is 4.75. The lowest BCUT2D eigenvalue weighted by Gasteiger charge is -2.35. The van der Waals surface area contributed by atoms with Gasteiger partial charge in [-0.05, 0) is 39.3 Å². The lowest BCUT2D eigenvalue weighted by Crippen LogP contribution is -2.48. The first-order chi connectivity index (χ1) is 12.5. The van der Waals surface area contributed by atoms with Crippen molar-refractivity contribution < 1.29 is 9.32 Å². The smallest absolute Gasteiger partial charge is 0.266 e. The predicted octanol–water partition coefficient (Wildman–Crippen LogP) is 1.13. The van der Waals surface area contributed by atoms with Crippen LogP contribution >= 0.6 is 0 Å². The number of carbonyl (C=O) groups is 1. The molecule has 1 aliphatic rings. The van der Waals surface area contributed by atoms with Crippen LogP contribution in [0.3, 0.4) is 0 Å². The lowest BCUT2D eigenvalue weighted by molar-refractivity contribution is 0.0907. The highest BCUT2D eigenvalue weighted by Gasteiger charge is 2.23. The molecule has 0 aliphatic carbocycles. The molecular formula is C18H25N5O3. The number of hydrogen-bond acceptors (Lipinski definition) is 6. The second-order valence-corrected chi connectivity index (χ2v) is 6.73. The zero-order valence-corrected chi connectivity index (χ0v) is 15.3. The SMILES string of the molecule is Cc1ccc(=O)n(CCN2CCCCC2CNC(=O)c2cnoc2C)n1. The quantitative estimate of drug-likeness (QED) is 0.831. The topological polar surface area (TPSA) is 93.3 Å². The molecule has 1 atom stereocenters. The van der Waals surface area contributed by atoms with Gasteiger partial charge in [-0.15, -0.1) is 0 Å². The van der Waals surface area contributed by atoms with Crippen molar-refractivity contribution in [2.75, 3.05) is 19.6 Å². The fourth-order valence-corrected chi connectivity index (χ4v) is 3.34. The van der Waals surface area contributed by atoms with Gasteiger partial charge in [0, 0.05) is 25.2 Å². The van der Waals surface area contributed by atoms with Gasteiger partial charge >= 0.3 is 0 Å². The Morgan fingerprint density at radius 3 is 2.92 bits per heavy atom. The van der Waals surface area contributed by atoms with E-state index in [9.17, 15) is 9.59 Å². The van der Waals surface area contributed by atoms with Crippen LogP contribution < -0.4 is 10.9 Å². The van der Waals surface area contributed by atoms with E-state index in [1.54, 1.807) is 19.1 Å². The molecule has 0 bridgehead atoms. The number of carbonyl (C=O) groups excluding carboxylic acids is 1. The van der Waals surface area contributed by atoms with Crippen LogP contribution in [0.4, 0.5) is 0 Å². The van der Waals surface area contributed by atoms with E-state index in [0.717, 1.165) is 38.0 Å². The molecule has 3 heterocycles. The van der Waals surface area contributed by atoms with E-state index in [1.165, 1.54) is 10.9 Å². The van der Waals surface area contributed by atoms with Gasteiger partial charge in [0.2, 0.25) is 0 Å². The van der Waals surface area contributed by atoms with Gasteiger partial charge in [-0.3, -0.25) is 14.5 Å². The van der Waals surface area contributed by atoms with Gasteiger partial charge < -0.3 is 9.84 Å². The molecule has 3 rings (SSSR count). The number of nitrogens with zero attached hydrogens (tertiary/aromatic N) is 4. The monoisotopic (exact) mass is 359 g/mol. The average Bonchev–Trinajstić information content (AvgIpc) is 3.07. The number of hydrogen-bond donors (Lipinski definition) is 1. The second kappa shape index (κ2) is 8.27. The molecular weight excluding hydrogens is 334 g/mol. The number of nitrogens with one attached hydrogen (secondary N) is 1. The molecule has 1 fully saturated rings. The van der Waals surface area contributed by atoms with Crippen LogP contribution in [0.15, 0.2) is 27.6 Å². The van der Waals surface area contributed by atoms with Crippen molar-refractivity contribution in [2.45, 2.75) is 45.7 Å². The molecule has 1 saturated heterocycles. The van der Waals surface area contributed by atoms with Gasteiger partial charge in [0.1, 0.15) is 11.3 Å². The minimum absolute atomic E-state index is 0.0830. The van der Waals surface area contributed by atoms with Crippen LogP contribution in [-0.4, -0.2) is 51.4 Å². The molecule has 1 amide bonds. The third-order valence-corrected chi connectivity index (χ3v) is 4.84. The molecule has 1 unspecified atom stereocenters. The molecule has 2 aromatic heterocycles. The normalized spacial score (nSPS) is 18.0. The van der Waals surface area contributed by atoms with E-state index in [1.807, 2.05) is 6.92 Å². The molecule has 8 heteroatoms. The standard InChI is InChI=1S/C18H25N5O3/c1-13-6-7-17(24)23(21-13)10-9-22-8-4-3-5-15(22)11-19-18(25)16-12-20-26-14(16)2/h6-7,12,15H,3-5,8-11H2,1-2H3,(H,19,25). The van der Waals surface area contributed by atoms with E-state index >= 15 is 0 Å². The molecule has 1 N–H and O–H groups in total. The van der Waals surface area contributed by atoms with Crippen molar-refractivity contribution >= 4 is 5.91 Å². The van der Waals surface area contributed by atoms with Gasteiger partial charge in [0.25, 0.3) is 11.5 Å². The maximum atomic E-state index is 12.3. The van der Waals surface area contributed by atoms with Gasteiger partial charge in [-0.25, -0.2) is 4.68 Å². The average molecular weight is 359 g/mol. The molecule has 0 saturated carbocycles. The van der Waals surface area contributed by atoms with E-state index < -0.39 is 0 Å². The van der Waals surface area contributed by atoms with E-state index in [-0.39, 0.29) is 17.5 Å². The Morgan fingerprint density at radius 2 is 2.15 bits per heavy atom. The summed E-state index contributed by atoms with van der Waals surface area (Å²) in [5, 5.41) is 10.9. The molecule has 0 aromatic carbocycles. The zero-order valence-electron chi connectivity index (χ0n) is 15.3. The van der Waals surface area contributed by atoms with Gasteiger partial charge in [-0.1, -0.05) is 11.6 Å². The molecule has 8 nitrogen and oxygen atoms in total. The van der Waals surface area contributed by atoms with Crippen LogP contribution in [0.5, 0.6) is 0 Å². The summed E-state index contributed by atoms with van der Waals surface area (Å²) < 4.78 is 6.46. The van der Waals surface area contributed by atoms with Crippen LogP contribution in [0.25, 0.3) is 0 Å². The molecule has 26 heavy (non-hydrogen) atoms. The summed E-state index contributed by atoms with van der Waals surface area (Å²) >= 11 is 0. The number of rotatable bonds is 6. The van der Waals surface area contributed by atoms with Crippen molar-refractivity contribution in [1.82, 2.24) is 25.2 Å². The summed E-state index contributed by atoms with van der Waals surface area (Å²) in [5.41, 5.74) is 1.22. The van der Waals surface area contributed by atoms with Crippen LogP contribution in [0, 0.1) is 13.8 Å². The van der Waals surface area contributed by atoms with E-state index in [0.29, 0.717) is 24.4 Å². The number of aryl methyl sites for hydroxylation is 2. The largest absolute Gasteiger partial charge is 0.361 e. The third kappa shape index (κ3) is 4.37. The van der Waals surface area contributed by atoms with Gasteiger partial charge in [0.05, 0.1) is 18.4 Å². The number of amides is 1. The maximum absolute atomic E-state index is 12.3. The Morgan fingerprint density at radius 1 is 1.31 bits per heavy atom. The Bertz CT molecular complexity index is 813. The highest BCUT2D eigenvalue weighted by Crippen LogP contribution is 2.16. The van der Waals surface area contributed by atoms with Gasteiger partial charge in [-0.2, -0.15) is 5.10 Å². The van der Waals surface area contributed by atoms with Crippen LogP contribution in [-0.2, 0) is 6.54 Å². The Balaban J connectivity index is 1.57. The van der Waals surface area contributed by atoms with Crippen molar-refractivity contribution in [3.8, 4) is 0 Å². The first kappa shape index (κ1) is 18.3. The number of piperidine rings is 1. The molecule has 0 spiro atoms. The fraction of sp³-hybridized carbons (Fsp3) is 0.556. The van der Waals surface area contributed by atoms with Crippen molar-refractivity contribution in [3.05, 3.63) is 45.7 Å². The zero-order chi connectivity index (χ0) is 18.5. The minimum atomic E-state index is -0.161. The Hall–Kier alpha value is -2.48. The molecule has 0 radical (unpaired) electrons. The summed E-state index contributed by atoms with van der Waals surface area (Å²) in [7, 11) is 0. The fourth-order valence-electron chi connectivity index (χ4n) is 3.34. The maximum Gasteiger partial charge on any atom is 0.266 e. The predicted molar refractivity (Wildman–Crippen MR) is 96.0 cm³/mol. The second-order valence-electron chi connectivity index (χ2n) is 6.73. The third-order valence-electron chi connectivity index (χ3n) is 4.84. The first-order valence-corrected chi connectivity index (χ1v) is 9.03.